The van der Waals surface area contributed by atoms with Gasteiger partial charge in [-0.05, 0) is 62.2 Å². The second kappa shape index (κ2) is 12.9. The van der Waals surface area contributed by atoms with Crippen molar-refractivity contribution in [2.24, 2.45) is 4.99 Å². The number of allylic oxidation sites excluding steroid dienone is 1. The summed E-state index contributed by atoms with van der Waals surface area (Å²) in [6.07, 6.45) is 3.88. The average molecular weight is 633 g/mol. The minimum absolute atomic E-state index is 0.183. The van der Waals surface area contributed by atoms with Crippen molar-refractivity contribution in [1.29, 1.82) is 5.26 Å². The number of fused-ring (bicyclic) bond motifs is 2. The van der Waals surface area contributed by atoms with E-state index in [0.717, 1.165) is 22.0 Å². The molecule has 0 saturated carbocycles. The molecule has 0 bridgehead atoms. The van der Waals surface area contributed by atoms with E-state index >= 15 is 0 Å². The van der Waals surface area contributed by atoms with Gasteiger partial charge in [-0.15, -0.1) is 0 Å². The Labute approximate surface area is 269 Å². The fourth-order valence-corrected chi connectivity index (χ4v) is 6.89. The van der Waals surface area contributed by atoms with Crippen molar-refractivity contribution in [1.82, 2.24) is 9.13 Å². The Bertz CT molecular complexity index is 2230. The molecule has 0 spiro atoms. The molecule has 0 aliphatic carbocycles. The molecule has 3 aromatic carbocycles. The predicted molar refractivity (Wildman–Crippen MR) is 177 cm³/mol. The minimum atomic E-state index is -0.786. The maximum atomic E-state index is 14.3. The van der Waals surface area contributed by atoms with Crippen LogP contribution < -0.4 is 24.4 Å². The summed E-state index contributed by atoms with van der Waals surface area (Å²) in [7, 11) is 1.56. The first kappa shape index (κ1) is 30.6. The Kier molecular flexibility index (Phi) is 8.59. The topological polar surface area (TPSA) is 108 Å². The Morgan fingerprint density at radius 1 is 1.07 bits per heavy atom. The molecule has 46 heavy (non-hydrogen) atoms. The van der Waals surface area contributed by atoms with Crippen LogP contribution in [0.15, 0.2) is 94.0 Å². The van der Waals surface area contributed by atoms with Crippen LogP contribution in [0.25, 0.3) is 17.0 Å². The van der Waals surface area contributed by atoms with E-state index in [0.29, 0.717) is 56.4 Å². The summed E-state index contributed by atoms with van der Waals surface area (Å²) >= 11 is 1.27. The molecule has 1 aliphatic rings. The highest BCUT2D eigenvalue weighted by atomic mass is 32.1. The van der Waals surface area contributed by atoms with Crippen LogP contribution in [0.5, 0.6) is 11.5 Å². The zero-order valence-corrected chi connectivity index (χ0v) is 26.8. The van der Waals surface area contributed by atoms with Gasteiger partial charge in [0.05, 0.1) is 53.8 Å². The van der Waals surface area contributed by atoms with Crippen LogP contribution in [-0.4, -0.2) is 35.4 Å². The van der Waals surface area contributed by atoms with Crippen molar-refractivity contribution < 1.29 is 19.0 Å². The van der Waals surface area contributed by atoms with Gasteiger partial charge in [0.2, 0.25) is 0 Å². The Balaban J connectivity index is 1.53. The summed E-state index contributed by atoms with van der Waals surface area (Å²) in [5.74, 6) is 0.524. The monoisotopic (exact) mass is 632 g/mol. The summed E-state index contributed by atoms with van der Waals surface area (Å²) in [6.45, 7) is 6.48. The fourth-order valence-electron chi connectivity index (χ4n) is 5.85. The molecule has 1 atom stereocenters. The Hall–Kier alpha value is -5.40. The molecule has 0 radical (unpaired) electrons. The van der Waals surface area contributed by atoms with E-state index in [4.69, 9.17) is 19.2 Å². The first-order chi connectivity index (χ1) is 22.4. The molecule has 2 aromatic heterocycles. The second-order valence-electron chi connectivity index (χ2n) is 10.6. The molecule has 0 amide bonds. The molecular weight excluding hydrogens is 600 g/mol. The van der Waals surface area contributed by atoms with Crippen LogP contribution in [0.3, 0.4) is 0 Å². The van der Waals surface area contributed by atoms with Crippen molar-refractivity contribution in [3.63, 3.8) is 0 Å². The molecular formula is C36H32N4O5S. The number of benzene rings is 3. The van der Waals surface area contributed by atoms with Gasteiger partial charge in [-0.2, -0.15) is 5.26 Å². The first-order valence-corrected chi connectivity index (χ1v) is 15.8. The number of nitriles is 1. The number of hydrogen-bond donors (Lipinski definition) is 0. The van der Waals surface area contributed by atoms with Crippen molar-refractivity contribution in [2.45, 2.75) is 33.4 Å². The number of carbonyl (C=O) groups is 1. The predicted octanol–water partition coefficient (Wildman–Crippen LogP) is 5.08. The van der Waals surface area contributed by atoms with Gasteiger partial charge in [0.15, 0.2) is 16.3 Å². The number of rotatable bonds is 9. The maximum Gasteiger partial charge on any atom is 0.338 e. The van der Waals surface area contributed by atoms with Crippen LogP contribution in [-0.2, 0) is 16.1 Å². The number of carbonyl (C=O) groups excluding carboxylic acids is 1. The van der Waals surface area contributed by atoms with Crippen LogP contribution in [0, 0.1) is 11.3 Å². The number of esters is 1. The minimum Gasteiger partial charge on any atom is -0.493 e. The average Bonchev–Trinajstić information content (AvgIpc) is 3.56. The number of methoxy groups -OCH3 is 1. The van der Waals surface area contributed by atoms with Crippen molar-refractivity contribution >= 4 is 34.3 Å². The lowest BCUT2D eigenvalue weighted by Crippen LogP contribution is -2.40. The van der Waals surface area contributed by atoms with Crippen molar-refractivity contribution in [3.05, 3.63) is 126 Å². The molecule has 6 rings (SSSR count). The third-order valence-corrected chi connectivity index (χ3v) is 8.89. The van der Waals surface area contributed by atoms with Crippen molar-refractivity contribution in [3.8, 4) is 17.6 Å². The highest BCUT2D eigenvalue weighted by Crippen LogP contribution is 2.36. The second-order valence-corrected chi connectivity index (χ2v) is 11.7. The lowest BCUT2D eigenvalue weighted by atomic mass is 9.95. The Morgan fingerprint density at radius 3 is 2.61 bits per heavy atom. The molecule has 1 aliphatic heterocycles. The van der Waals surface area contributed by atoms with E-state index < -0.39 is 12.0 Å². The van der Waals surface area contributed by atoms with Gasteiger partial charge in [0.25, 0.3) is 5.56 Å². The molecule has 5 aromatic rings. The lowest BCUT2D eigenvalue weighted by molar-refractivity contribution is -0.139. The zero-order valence-electron chi connectivity index (χ0n) is 25.9. The third-order valence-electron chi connectivity index (χ3n) is 7.90. The number of para-hydroxylation sites is 1. The quantitative estimate of drug-likeness (QED) is 0.210. The van der Waals surface area contributed by atoms with Crippen LogP contribution in [0.2, 0.25) is 0 Å². The van der Waals surface area contributed by atoms with E-state index in [9.17, 15) is 14.9 Å². The smallest absolute Gasteiger partial charge is 0.338 e. The number of aromatic nitrogens is 2. The molecule has 0 fully saturated rings. The van der Waals surface area contributed by atoms with Crippen LogP contribution in [0.4, 0.5) is 0 Å². The molecule has 232 valence electrons. The SMILES string of the molecule is CCOC(=O)C1=C(C)N=c2s/c(=C/c3cn(Cc4ccccc4C#N)c4ccccc34)c(=O)n2[C@H]1c1ccc(OC)c(OCC)c1. The summed E-state index contributed by atoms with van der Waals surface area (Å²) in [4.78, 5) is 32.8. The van der Waals surface area contributed by atoms with E-state index in [1.54, 1.807) is 37.7 Å². The largest absolute Gasteiger partial charge is 0.493 e. The number of nitrogens with zero attached hydrogens (tertiary/aromatic N) is 4. The highest BCUT2D eigenvalue weighted by Gasteiger charge is 2.34. The van der Waals surface area contributed by atoms with Gasteiger partial charge in [-0.1, -0.05) is 53.8 Å². The van der Waals surface area contributed by atoms with Crippen LogP contribution in [0.1, 0.15) is 49.1 Å². The van der Waals surface area contributed by atoms with Gasteiger partial charge < -0.3 is 18.8 Å². The summed E-state index contributed by atoms with van der Waals surface area (Å²) in [6, 6.07) is 22.4. The zero-order chi connectivity index (χ0) is 32.4. The molecule has 10 heteroatoms. The lowest BCUT2D eigenvalue weighted by Gasteiger charge is -2.25. The van der Waals surface area contributed by atoms with E-state index in [2.05, 4.69) is 10.6 Å². The summed E-state index contributed by atoms with van der Waals surface area (Å²) < 4.78 is 20.9. The van der Waals surface area contributed by atoms with Gasteiger partial charge in [0.1, 0.15) is 0 Å². The normalized spacial score (nSPS) is 14.5. The van der Waals surface area contributed by atoms with Crippen molar-refractivity contribution in [2.75, 3.05) is 20.3 Å². The fraction of sp³-hybridized carbons (Fsp3) is 0.222. The number of thiazole rings is 1. The standard InChI is InChI=1S/C36H32N4O5S/c1-5-44-30-17-23(15-16-29(30)43-4)33-32(35(42)45-6-2)22(3)38-36-40(33)34(41)31(46-36)18-26-21-39(28-14-10-9-13-27(26)28)20-25-12-8-7-11-24(25)19-37/h7-18,21,33H,5-6,20H2,1-4H3/b31-18+/t33-/m0/s1. The molecule has 0 saturated heterocycles. The number of ether oxygens (including phenoxy) is 3. The van der Waals surface area contributed by atoms with E-state index in [1.807, 2.05) is 73.8 Å². The molecule has 3 heterocycles. The van der Waals surface area contributed by atoms with Gasteiger partial charge >= 0.3 is 5.97 Å². The summed E-state index contributed by atoms with van der Waals surface area (Å²) in [5, 5.41) is 10.6. The highest BCUT2D eigenvalue weighted by molar-refractivity contribution is 7.07. The number of hydrogen-bond acceptors (Lipinski definition) is 8. The van der Waals surface area contributed by atoms with Crippen LogP contribution >= 0.6 is 11.3 Å². The van der Waals surface area contributed by atoms with Gasteiger partial charge in [0, 0.05) is 29.2 Å². The van der Waals surface area contributed by atoms with E-state index in [1.165, 1.54) is 11.3 Å². The molecule has 0 N–H and O–H groups in total. The Morgan fingerprint density at radius 2 is 1.85 bits per heavy atom. The maximum absolute atomic E-state index is 14.3. The first-order valence-electron chi connectivity index (χ1n) is 14.9. The van der Waals surface area contributed by atoms with Gasteiger partial charge in [-0.25, -0.2) is 9.79 Å². The molecule has 0 unspecified atom stereocenters. The van der Waals surface area contributed by atoms with Gasteiger partial charge in [-0.3, -0.25) is 9.36 Å². The third kappa shape index (κ3) is 5.50. The molecule has 9 nitrogen and oxygen atoms in total. The summed E-state index contributed by atoms with van der Waals surface area (Å²) in [5.41, 5.74) is 4.54. The van der Waals surface area contributed by atoms with E-state index in [-0.39, 0.29) is 12.2 Å².